The van der Waals surface area contributed by atoms with Crippen molar-refractivity contribution < 1.29 is 0 Å². The molecule has 104 valence electrons. The van der Waals surface area contributed by atoms with Crippen molar-refractivity contribution >= 4 is 5.82 Å². The highest BCUT2D eigenvalue weighted by Gasteiger charge is 2.22. The molecular formula is C16H20N4. The molecule has 0 aromatic carbocycles. The predicted octanol–water partition coefficient (Wildman–Crippen LogP) is 2.87. The van der Waals surface area contributed by atoms with Gasteiger partial charge in [-0.2, -0.15) is 0 Å². The molecule has 0 spiro atoms. The summed E-state index contributed by atoms with van der Waals surface area (Å²) in [4.78, 5) is 15.4. The molecular weight excluding hydrogens is 248 g/mol. The molecule has 3 heterocycles. The first-order valence-corrected chi connectivity index (χ1v) is 7.19. The Morgan fingerprint density at radius 1 is 1.15 bits per heavy atom. The van der Waals surface area contributed by atoms with Gasteiger partial charge in [-0.3, -0.25) is 4.98 Å². The van der Waals surface area contributed by atoms with Gasteiger partial charge in [-0.05, 0) is 50.5 Å². The molecule has 0 saturated carbocycles. The lowest BCUT2D eigenvalue weighted by Crippen LogP contribution is -2.35. The van der Waals surface area contributed by atoms with Crippen LogP contribution in [0.3, 0.4) is 0 Å². The molecule has 3 rings (SSSR count). The Kier molecular flexibility index (Phi) is 3.63. The maximum absolute atomic E-state index is 4.54. The van der Waals surface area contributed by atoms with Crippen molar-refractivity contribution in [3.05, 3.63) is 47.7 Å². The summed E-state index contributed by atoms with van der Waals surface area (Å²) in [5.74, 6) is 2.46. The van der Waals surface area contributed by atoms with E-state index in [9.17, 15) is 0 Å². The number of nitrogens with zero attached hydrogens (tertiary/aromatic N) is 4. The lowest BCUT2D eigenvalue weighted by molar-refractivity contribution is 0.506. The molecule has 0 aliphatic carbocycles. The number of pyridine rings is 1. The van der Waals surface area contributed by atoms with Crippen LogP contribution in [0.15, 0.2) is 30.6 Å². The summed E-state index contributed by atoms with van der Waals surface area (Å²) in [7, 11) is 0. The van der Waals surface area contributed by atoms with Gasteiger partial charge < -0.3 is 4.90 Å². The highest BCUT2D eigenvalue weighted by molar-refractivity contribution is 5.39. The Morgan fingerprint density at radius 2 is 2.00 bits per heavy atom. The fourth-order valence-electron chi connectivity index (χ4n) is 2.90. The van der Waals surface area contributed by atoms with E-state index in [4.69, 9.17) is 0 Å². The van der Waals surface area contributed by atoms with Crippen LogP contribution in [0.25, 0.3) is 0 Å². The first kappa shape index (κ1) is 13.0. The van der Waals surface area contributed by atoms with Crippen LogP contribution in [0.2, 0.25) is 0 Å². The number of aryl methyl sites for hydroxylation is 2. The van der Waals surface area contributed by atoms with E-state index in [1.807, 2.05) is 25.4 Å². The van der Waals surface area contributed by atoms with Gasteiger partial charge in [0.05, 0.1) is 0 Å². The van der Waals surface area contributed by atoms with Crippen LogP contribution < -0.4 is 4.90 Å². The zero-order valence-corrected chi connectivity index (χ0v) is 12.1. The number of rotatable bonds is 2. The van der Waals surface area contributed by atoms with E-state index < -0.39 is 0 Å². The molecule has 1 aliphatic heterocycles. The summed E-state index contributed by atoms with van der Waals surface area (Å²) in [6.07, 6.45) is 6.20. The molecule has 0 radical (unpaired) electrons. The summed E-state index contributed by atoms with van der Waals surface area (Å²) < 4.78 is 0. The summed E-state index contributed by atoms with van der Waals surface area (Å²) in [5.41, 5.74) is 2.49. The average Bonchev–Trinajstić information content (AvgIpc) is 2.47. The fourth-order valence-corrected chi connectivity index (χ4v) is 2.90. The highest BCUT2D eigenvalue weighted by Crippen LogP contribution is 2.29. The smallest absolute Gasteiger partial charge is 0.132 e. The van der Waals surface area contributed by atoms with E-state index >= 15 is 0 Å². The third kappa shape index (κ3) is 2.79. The average molecular weight is 268 g/mol. The van der Waals surface area contributed by atoms with E-state index in [-0.39, 0.29) is 0 Å². The van der Waals surface area contributed by atoms with Gasteiger partial charge in [-0.1, -0.05) is 0 Å². The van der Waals surface area contributed by atoms with Crippen LogP contribution >= 0.6 is 0 Å². The summed E-state index contributed by atoms with van der Waals surface area (Å²) in [6, 6.07) is 6.36. The Labute approximate surface area is 119 Å². The number of hydrogen-bond donors (Lipinski definition) is 0. The molecule has 20 heavy (non-hydrogen) atoms. The zero-order valence-electron chi connectivity index (χ0n) is 12.1. The first-order chi connectivity index (χ1) is 9.72. The highest BCUT2D eigenvalue weighted by atomic mass is 15.2. The Morgan fingerprint density at radius 3 is 2.80 bits per heavy atom. The van der Waals surface area contributed by atoms with Crippen LogP contribution in [0.1, 0.15) is 35.8 Å². The minimum absolute atomic E-state index is 0.570. The van der Waals surface area contributed by atoms with E-state index in [1.54, 1.807) is 0 Å². The van der Waals surface area contributed by atoms with Gasteiger partial charge in [-0.25, -0.2) is 9.97 Å². The van der Waals surface area contributed by atoms with E-state index in [0.29, 0.717) is 5.92 Å². The van der Waals surface area contributed by atoms with Crippen molar-refractivity contribution in [1.82, 2.24) is 15.0 Å². The Bertz CT molecular complexity index is 545. The number of piperidine rings is 1. The molecule has 1 fully saturated rings. The first-order valence-electron chi connectivity index (χ1n) is 7.19. The Balaban J connectivity index is 1.80. The van der Waals surface area contributed by atoms with Gasteiger partial charge in [0.15, 0.2) is 0 Å². The second-order valence-corrected chi connectivity index (χ2v) is 5.48. The molecule has 1 saturated heterocycles. The molecule has 2 aromatic rings. The third-order valence-corrected chi connectivity index (χ3v) is 3.90. The largest absolute Gasteiger partial charge is 0.356 e. The molecule has 0 bridgehead atoms. The van der Waals surface area contributed by atoms with E-state index in [1.165, 1.54) is 18.4 Å². The standard InChI is InChI=1S/C16H20N4/c1-12-10-14(5-7-17-12)15-4-3-9-20(11-15)16-6-8-18-13(2)19-16/h5-8,10,15H,3-4,9,11H2,1-2H3. The van der Waals surface area contributed by atoms with Crippen molar-refractivity contribution in [3.63, 3.8) is 0 Å². The van der Waals surface area contributed by atoms with Crippen molar-refractivity contribution in [2.24, 2.45) is 0 Å². The normalized spacial score (nSPS) is 19.1. The third-order valence-electron chi connectivity index (χ3n) is 3.90. The molecule has 1 aliphatic rings. The molecule has 4 nitrogen and oxygen atoms in total. The van der Waals surface area contributed by atoms with Crippen LogP contribution in [0.4, 0.5) is 5.82 Å². The van der Waals surface area contributed by atoms with Crippen LogP contribution in [0, 0.1) is 13.8 Å². The molecule has 4 heteroatoms. The van der Waals surface area contributed by atoms with Gasteiger partial charge in [0.1, 0.15) is 11.6 Å². The van der Waals surface area contributed by atoms with Crippen LogP contribution in [-0.4, -0.2) is 28.0 Å². The predicted molar refractivity (Wildman–Crippen MR) is 79.9 cm³/mol. The number of anilines is 1. The second-order valence-electron chi connectivity index (χ2n) is 5.48. The second kappa shape index (κ2) is 5.57. The van der Waals surface area contributed by atoms with Crippen molar-refractivity contribution in [1.29, 1.82) is 0 Å². The molecule has 0 amide bonds. The minimum Gasteiger partial charge on any atom is -0.356 e. The lowest BCUT2D eigenvalue weighted by Gasteiger charge is -2.34. The van der Waals surface area contributed by atoms with Gasteiger partial charge in [0.2, 0.25) is 0 Å². The minimum atomic E-state index is 0.570. The van der Waals surface area contributed by atoms with Gasteiger partial charge in [0, 0.05) is 37.1 Å². The number of hydrogen-bond acceptors (Lipinski definition) is 4. The van der Waals surface area contributed by atoms with Gasteiger partial charge >= 0.3 is 0 Å². The van der Waals surface area contributed by atoms with Crippen LogP contribution in [0.5, 0.6) is 0 Å². The zero-order chi connectivity index (χ0) is 13.9. The maximum atomic E-state index is 4.54. The van der Waals surface area contributed by atoms with Crippen LogP contribution in [-0.2, 0) is 0 Å². The SMILES string of the molecule is Cc1cc(C2CCCN(c3ccnc(C)n3)C2)ccn1. The lowest BCUT2D eigenvalue weighted by atomic mass is 9.91. The summed E-state index contributed by atoms with van der Waals surface area (Å²) in [5, 5.41) is 0. The molecule has 0 N–H and O–H groups in total. The molecule has 2 aromatic heterocycles. The topological polar surface area (TPSA) is 41.9 Å². The molecule has 1 unspecified atom stereocenters. The quantitative estimate of drug-likeness (QED) is 0.840. The maximum Gasteiger partial charge on any atom is 0.132 e. The van der Waals surface area contributed by atoms with E-state index in [2.05, 4.69) is 38.9 Å². The van der Waals surface area contributed by atoms with E-state index in [0.717, 1.165) is 30.4 Å². The monoisotopic (exact) mass is 268 g/mol. The van der Waals surface area contributed by atoms with Gasteiger partial charge in [-0.15, -0.1) is 0 Å². The van der Waals surface area contributed by atoms with Gasteiger partial charge in [0.25, 0.3) is 0 Å². The summed E-state index contributed by atoms with van der Waals surface area (Å²) in [6.45, 7) is 6.10. The Hall–Kier alpha value is -1.97. The summed E-state index contributed by atoms with van der Waals surface area (Å²) >= 11 is 0. The number of aromatic nitrogens is 3. The molecule has 1 atom stereocenters. The fraction of sp³-hybridized carbons (Fsp3) is 0.438. The van der Waals surface area contributed by atoms with Crippen molar-refractivity contribution in [3.8, 4) is 0 Å². The van der Waals surface area contributed by atoms with Crippen molar-refractivity contribution in [2.75, 3.05) is 18.0 Å². The van der Waals surface area contributed by atoms with Crippen molar-refractivity contribution in [2.45, 2.75) is 32.6 Å².